The lowest BCUT2D eigenvalue weighted by Gasteiger charge is -2.41. The Morgan fingerprint density at radius 1 is 1.11 bits per heavy atom. The highest BCUT2D eigenvalue weighted by Gasteiger charge is 2.40. The molecule has 0 saturated heterocycles. The topological polar surface area (TPSA) is 57.6 Å². The molecule has 5 heteroatoms. The maximum Gasteiger partial charge on any atom is 0.335 e. The number of carbonyl (C=O) groups excluding carboxylic acids is 1. The third-order valence-electron chi connectivity index (χ3n) is 7.06. The minimum absolute atomic E-state index is 0.0898. The Morgan fingerprint density at radius 2 is 1.77 bits per heavy atom. The standard InChI is InChI=1S/C30H38ClNO3/c1-20(2)25-19-32(16-14-21-7-9-23(10-8-21)28(34)35)27(33)18-30(25,6)24-12-11-22(26(31)17-24)13-15-29(3,4)5/h7-12,17,19-20H,13-16,18H2,1-6H3,(H,34,35)/t30-/m1/s1. The summed E-state index contributed by atoms with van der Waals surface area (Å²) < 4.78 is 0. The number of carboxylic acid groups (broad SMARTS) is 1. The highest BCUT2D eigenvalue weighted by molar-refractivity contribution is 6.31. The van der Waals surface area contributed by atoms with Gasteiger partial charge in [-0.25, -0.2) is 4.79 Å². The van der Waals surface area contributed by atoms with Gasteiger partial charge in [-0.1, -0.05) is 77.4 Å². The number of carboxylic acids is 1. The highest BCUT2D eigenvalue weighted by Crippen LogP contribution is 2.43. The molecule has 0 aliphatic carbocycles. The molecule has 35 heavy (non-hydrogen) atoms. The van der Waals surface area contributed by atoms with Crippen LogP contribution in [0.2, 0.25) is 5.02 Å². The average Bonchev–Trinajstić information content (AvgIpc) is 2.77. The van der Waals surface area contributed by atoms with Crippen molar-refractivity contribution in [3.8, 4) is 0 Å². The van der Waals surface area contributed by atoms with Gasteiger partial charge in [0.2, 0.25) is 5.91 Å². The second-order valence-electron chi connectivity index (χ2n) is 11.5. The van der Waals surface area contributed by atoms with Crippen molar-refractivity contribution in [2.24, 2.45) is 11.3 Å². The molecule has 3 rings (SSSR count). The number of carbonyl (C=O) groups is 2. The number of amides is 1. The van der Waals surface area contributed by atoms with E-state index in [-0.39, 0.29) is 22.8 Å². The lowest BCUT2D eigenvalue weighted by atomic mass is 9.68. The minimum Gasteiger partial charge on any atom is -0.478 e. The fraction of sp³-hybridized carbons (Fsp3) is 0.467. The monoisotopic (exact) mass is 495 g/mol. The normalized spacial score (nSPS) is 18.7. The summed E-state index contributed by atoms with van der Waals surface area (Å²) in [5.41, 5.74) is 4.57. The van der Waals surface area contributed by atoms with E-state index in [0.717, 1.165) is 34.6 Å². The highest BCUT2D eigenvalue weighted by atomic mass is 35.5. The Kier molecular flexibility index (Phi) is 8.16. The van der Waals surface area contributed by atoms with Gasteiger partial charge in [0, 0.05) is 29.6 Å². The summed E-state index contributed by atoms with van der Waals surface area (Å²) in [6.07, 6.45) is 5.09. The van der Waals surface area contributed by atoms with Gasteiger partial charge in [0.05, 0.1) is 5.56 Å². The van der Waals surface area contributed by atoms with Gasteiger partial charge in [-0.2, -0.15) is 0 Å². The molecule has 188 valence electrons. The number of halogens is 1. The zero-order chi connectivity index (χ0) is 26.0. The zero-order valence-electron chi connectivity index (χ0n) is 21.8. The van der Waals surface area contributed by atoms with Crippen molar-refractivity contribution in [2.75, 3.05) is 6.54 Å². The molecule has 0 unspecified atom stereocenters. The second-order valence-corrected chi connectivity index (χ2v) is 11.9. The molecule has 2 aromatic rings. The molecule has 1 aliphatic rings. The van der Waals surface area contributed by atoms with Crippen LogP contribution in [-0.2, 0) is 23.1 Å². The fourth-order valence-corrected chi connectivity index (χ4v) is 5.07. The first-order valence-electron chi connectivity index (χ1n) is 12.4. The molecule has 1 amide bonds. The van der Waals surface area contributed by atoms with Crippen molar-refractivity contribution in [3.05, 3.63) is 81.5 Å². The van der Waals surface area contributed by atoms with Crippen LogP contribution in [0.3, 0.4) is 0 Å². The molecule has 1 aliphatic heterocycles. The maximum atomic E-state index is 13.3. The Morgan fingerprint density at radius 3 is 2.31 bits per heavy atom. The van der Waals surface area contributed by atoms with E-state index in [2.05, 4.69) is 59.7 Å². The summed E-state index contributed by atoms with van der Waals surface area (Å²) in [4.78, 5) is 26.2. The van der Waals surface area contributed by atoms with Crippen LogP contribution in [0.5, 0.6) is 0 Å². The minimum atomic E-state index is -0.936. The van der Waals surface area contributed by atoms with Gasteiger partial charge in [0.1, 0.15) is 0 Å². The first-order valence-corrected chi connectivity index (χ1v) is 12.8. The van der Waals surface area contributed by atoms with Crippen LogP contribution in [0.4, 0.5) is 0 Å². The Labute approximate surface area is 215 Å². The fourth-order valence-electron chi connectivity index (χ4n) is 4.80. The van der Waals surface area contributed by atoms with E-state index in [9.17, 15) is 9.59 Å². The van der Waals surface area contributed by atoms with Crippen LogP contribution in [0.15, 0.2) is 54.2 Å². The van der Waals surface area contributed by atoms with E-state index >= 15 is 0 Å². The van der Waals surface area contributed by atoms with Gasteiger partial charge in [0.25, 0.3) is 0 Å². The third kappa shape index (κ3) is 6.55. The summed E-state index contributed by atoms with van der Waals surface area (Å²) in [7, 11) is 0. The molecule has 0 radical (unpaired) electrons. The van der Waals surface area contributed by atoms with Gasteiger partial charge in [0.15, 0.2) is 0 Å². The van der Waals surface area contributed by atoms with Gasteiger partial charge in [-0.05, 0) is 71.1 Å². The number of aryl methyl sites for hydroxylation is 1. The van der Waals surface area contributed by atoms with Gasteiger partial charge in [-0.3, -0.25) is 4.79 Å². The molecule has 0 fully saturated rings. The number of nitrogens with zero attached hydrogens (tertiary/aromatic N) is 1. The molecule has 2 aromatic carbocycles. The molecule has 1 N–H and O–H groups in total. The summed E-state index contributed by atoms with van der Waals surface area (Å²) >= 11 is 6.73. The van der Waals surface area contributed by atoms with Crippen LogP contribution < -0.4 is 0 Å². The van der Waals surface area contributed by atoms with Crippen LogP contribution in [0.1, 0.15) is 81.4 Å². The predicted octanol–water partition coefficient (Wildman–Crippen LogP) is 7.29. The van der Waals surface area contributed by atoms with Crippen molar-refractivity contribution in [1.29, 1.82) is 0 Å². The number of hydrogen-bond acceptors (Lipinski definition) is 2. The smallest absolute Gasteiger partial charge is 0.335 e. The molecule has 0 saturated carbocycles. The SMILES string of the molecule is CC(C)C1=CN(CCc2ccc(C(=O)O)cc2)C(=O)C[C@]1(C)c1ccc(CCC(C)(C)C)c(Cl)c1. The van der Waals surface area contributed by atoms with Crippen molar-refractivity contribution in [3.63, 3.8) is 0 Å². The largest absolute Gasteiger partial charge is 0.478 e. The number of rotatable bonds is 8. The summed E-state index contributed by atoms with van der Waals surface area (Å²) in [5, 5.41) is 9.86. The zero-order valence-corrected chi connectivity index (χ0v) is 22.6. The Balaban J connectivity index is 1.82. The molecular formula is C30H38ClNO3. The second kappa shape index (κ2) is 10.6. The molecule has 0 aromatic heterocycles. The van der Waals surface area contributed by atoms with E-state index in [1.54, 1.807) is 12.1 Å². The first-order chi connectivity index (χ1) is 16.3. The van der Waals surface area contributed by atoms with E-state index in [1.165, 1.54) is 5.57 Å². The average molecular weight is 496 g/mol. The summed E-state index contributed by atoms with van der Waals surface area (Å²) in [6, 6.07) is 13.2. The molecule has 1 heterocycles. The molecular weight excluding hydrogens is 458 g/mol. The van der Waals surface area contributed by atoms with E-state index in [1.807, 2.05) is 23.2 Å². The van der Waals surface area contributed by atoms with E-state index in [0.29, 0.717) is 19.4 Å². The predicted molar refractivity (Wildman–Crippen MR) is 143 cm³/mol. The van der Waals surface area contributed by atoms with Crippen LogP contribution in [0.25, 0.3) is 0 Å². The Bertz CT molecular complexity index is 1110. The number of aromatic carboxylic acids is 1. The molecule has 0 spiro atoms. The van der Waals surface area contributed by atoms with Crippen LogP contribution in [0, 0.1) is 11.3 Å². The van der Waals surface area contributed by atoms with Crippen molar-refractivity contribution in [1.82, 2.24) is 4.90 Å². The van der Waals surface area contributed by atoms with Crippen molar-refractivity contribution in [2.45, 2.75) is 72.6 Å². The van der Waals surface area contributed by atoms with Crippen LogP contribution >= 0.6 is 11.6 Å². The molecule has 0 bridgehead atoms. The number of allylic oxidation sites excluding steroid dienone is 1. The quantitative estimate of drug-likeness (QED) is 0.418. The summed E-state index contributed by atoms with van der Waals surface area (Å²) in [5.74, 6) is -0.578. The van der Waals surface area contributed by atoms with Gasteiger partial charge in [-0.15, -0.1) is 0 Å². The van der Waals surface area contributed by atoms with Crippen LogP contribution in [-0.4, -0.2) is 28.4 Å². The van der Waals surface area contributed by atoms with Crippen molar-refractivity contribution < 1.29 is 14.7 Å². The molecule has 1 atom stereocenters. The van der Waals surface area contributed by atoms with E-state index < -0.39 is 11.4 Å². The molecule has 4 nitrogen and oxygen atoms in total. The Hall–Kier alpha value is -2.59. The van der Waals surface area contributed by atoms with Gasteiger partial charge >= 0.3 is 5.97 Å². The lowest BCUT2D eigenvalue weighted by Crippen LogP contribution is -2.42. The van der Waals surface area contributed by atoms with E-state index in [4.69, 9.17) is 16.7 Å². The third-order valence-corrected chi connectivity index (χ3v) is 7.41. The number of benzene rings is 2. The van der Waals surface area contributed by atoms with Gasteiger partial charge < -0.3 is 10.0 Å². The lowest BCUT2D eigenvalue weighted by molar-refractivity contribution is -0.130. The van der Waals surface area contributed by atoms with Crippen molar-refractivity contribution >= 4 is 23.5 Å². The first kappa shape index (κ1) is 27.0. The number of hydrogen-bond donors (Lipinski definition) is 1. The summed E-state index contributed by atoms with van der Waals surface area (Å²) in [6.45, 7) is 13.8. The maximum absolute atomic E-state index is 13.3.